The molecule has 1 saturated carbocycles. The molecule has 2 N–H and O–H groups in total. The highest BCUT2D eigenvalue weighted by Crippen LogP contribution is 2.32. The average molecular weight is 330 g/mol. The minimum absolute atomic E-state index is 0.0343. The largest absolute Gasteiger partial charge is 0.396 e. The van der Waals surface area contributed by atoms with Crippen molar-refractivity contribution in [2.75, 3.05) is 18.5 Å². The number of aromatic nitrogens is 1. The summed E-state index contributed by atoms with van der Waals surface area (Å²) in [6.07, 6.45) is 4.71. The molecular formula is C12H16BrN3O3. The summed E-state index contributed by atoms with van der Waals surface area (Å²) in [6.45, 7) is 0.795. The first-order valence-corrected chi connectivity index (χ1v) is 7.05. The molecule has 1 aromatic rings. The first-order valence-electron chi connectivity index (χ1n) is 6.26. The first kappa shape index (κ1) is 14.2. The van der Waals surface area contributed by atoms with Gasteiger partial charge in [0, 0.05) is 29.9 Å². The van der Waals surface area contributed by atoms with E-state index in [1.807, 2.05) is 0 Å². The van der Waals surface area contributed by atoms with E-state index in [4.69, 9.17) is 0 Å². The molecule has 0 aliphatic heterocycles. The van der Waals surface area contributed by atoms with E-state index < -0.39 is 4.92 Å². The second-order valence-corrected chi connectivity index (χ2v) is 5.71. The highest BCUT2D eigenvalue weighted by atomic mass is 79.9. The van der Waals surface area contributed by atoms with Gasteiger partial charge < -0.3 is 10.4 Å². The van der Waals surface area contributed by atoms with Gasteiger partial charge in [-0.1, -0.05) is 6.42 Å². The molecule has 0 radical (unpaired) electrons. The number of aliphatic hydroxyl groups is 1. The molecule has 19 heavy (non-hydrogen) atoms. The molecule has 0 saturated heterocycles. The lowest BCUT2D eigenvalue weighted by molar-refractivity contribution is -0.384. The van der Waals surface area contributed by atoms with E-state index in [-0.39, 0.29) is 18.1 Å². The van der Waals surface area contributed by atoms with Crippen molar-refractivity contribution in [3.63, 3.8) is 0 Å². The number of anilines is 1. The predicted octanol–water partition coefficient (Wildman–Crippen LogP) is 2.57. The Labute approximate surface area is 119 Å². The molecule has 0 aromatic carbocycles. The van der Waals surface area contributed by atoms with E-state index in [1.54, 1.807) is 0 Å². The Hall–Kier alpha value is -1.21. The summed E-state index contributed by atoms with van der Waals surface area (Å²) < 4.78 is 0.582. The fourth-order valence-electron chi connectivity index (χ4n) is 2.55. The number of rotatable bonds is 5. The van der Waals surface area contributed by atoms with Gasteiger partial charge in [0.2, 0.25) is 5.82 Å². The number of hydrogen-bond acceptors (Lipinski definition) is 5. The first-order chi connectivity index (χ1) is 9.11. The molecule has 0 bridgehead atoms. The van der Waals surface area contributed by atoms with Crippen molar-refractivity contribution in [2.24, 2.45) is 11.8 Å². The average Bonchev–Trinajstić information content (AvgIpc) is 2.84. The van der Waals surface area contributed by atoms with Gasteiger partial charge in [0.15, 0.2) is 0 Å². The number of nitrogens with one attached hydrogen (secondary N) is 1. The Kier molecular flexibility index (Phi) is 4.71. The minimum Gasteiger partial charge on any atom is -0.396 e. The summed E-state index contributed by atoms with van der Waals surface area (Å²) in [4.78, 5) is 14.6. The standard InChI is InChI=1S/C12H16BrN3O3/c13-10-4-11(16(18)19)12(15-6-10)14-5-8-2-1-3-9(8)7-17/h4,6,8-9,17H,1-3,5,7H2,(H,14,15). The lowest BCUT2D eigenvalue weighted by Gasteiger charge is -2.18. The molecule has 1 aliphatic carbocycles. The number of nitrogens with zero attached hydrogens (tertiary/aromatic N) is 2. The van der Waals surface area contributed by atoms with Gasteiger partial charge in [0.05, 0.1) is 4.92 Å². The monoisotopic (exact) mass is 329 g/mol. The highest BCUT2D eigenvalue weighted by Gasteiger charge is 2.27. The number of nitro groups is 1. The van der Waals surface area contributed by atoms with Crippen molar-refractivity contribution < 1.29 is 10.0 Å². The van der Waals surface area contributed by atoms with Crippen LogP contribution in [0.2, 0.25) is 0 Å². The molecule has 1 aliphatic rings. The van der Waals surface area contributed by atoms with Gasteiger partial charge >= 0.3 is 5.69 Å². The minimum atomic E-state index is -0.446. The van der Waals surface area contributed by atoms with Crippen LogP contribution in [0.15, 0.2) is 16.7 Å². The molecule has 2 atom stereocenters. The summed E-state index contributed by atoms with van der Waals surface area (Å²) in [5.74, 6) is 0.939. The molecule has 0 amide bonds. The van der Waals surface area contributed by atoms with Gasteiger partial charge in [-0.25, -0.2) is 4.98 Å². The summed E-state index contributed by atoms with van der Waals surface area (Å²) in [7, 11) is 0. The normalized spacial score (nSPS) is 22.4. The second kappa shape index (κ2) is 6.29. The fourth-order valence-corrected chi connectivity index (χ4v) is 2.87. The number of hydrogen-bond donors (Lipinski definition) is 2. The van der Waals surface area contributed by atoms with E-state index in [1.165, 1.54) is 12.3 Å². The van der Waals surface area contributed by atoms with Crippen molar-refractivity contribution in [3.05, 3.63) is 26.9 Å². The van der Waals surface area contributed by atoms with Gasteiger partial charge in [-0.3, -0.25) is 10.1 Å². The number of pyridine rings is 1. The van der Waals surface area contributed by atoms with E-state index in [0.717, 1.165) is 19.3 Å². The van der Waals surface area contributed by atoms with E-state index in [2.05, 4.69) is 26.2 Å². The van der Waals surface area contributed by atoms with Gasteiger partial charge in [0.1, 0.15) is 0 Å². The predicted molar refractivity (Wildman–Crippen MR) is 75.0 cm³/mol. The maximum atomic E-state index is 11.0. The van der Waals surface area contributed by atoms with Crippen LogP contribution < -0.4 is 5.32 Å². The van der Waals surface area contributed by atoms with Crippen LogP contribution >= 0.6 is 15.9 Å². The van der Waals surface area contributed by atoms with E-state index >= 15 is 0 Å². The summed E-state index contributed by atoms with van der Waals surface area (Å²) >= 11 is 3.17. The Morgan fingerprint density at radius 3 is 2.95 bits per heavy atom. The van der Waals surface area contributed by atoms with Crippen LogP contribution in [0.25, 0.3) is 0 Å². The van der Waals surface area contributed by atoms with Crippen LogP contribution in [0.3, 0.4) is 0 Å². The topological polar surface area (TPSA) is 88.3 Å². The Bertz CT molecular complexity index is 470. The number of aliphatic hydroxyl groups excluding tert-OH is 1. The van der Waals surface area contributed by atoms with Crippen molar-refractivity contribution in [2.45, 2.75) is 19.3 Å². The quantitative estimate of drug-likeness (QED) is 0.640. The van der Waals surface area contributed by atoms with Gasteiger partial charge in [0.25, 0.3) is 0 Å². The van der Waals surface area contributed by atoms with Crippen molar-refractivity contribution in [1.82, 2.24) is 4.98 Å². The van der Waals surface area contributed by atoms with Crippen LogP contribution in [0.1, 0.15) is 19.3 Å². The molecule has 104 valence electrons. The van der Waals surface area contributed by atoms with Crippen molar-refractivity contribution >= 4 is 27.4 Å². The molecule has 2 rings (SSSR count). The molecular weight excluding hydrogens is 314 g/mol. The smallest absolute Gasteiger partial charge is 0.312 e. The highest BCUT2D eigenvalue weighted by molar-refractivity contribution is 9.10. The lowest BCUT2D eigenvalue weighted by Crippen LogP contribution is -2.21. The summed E-state index contributed by atoms with van der Waals surface area (Å²) in [5.41, 5.74) is -0.0343. The molecule has 1 fully saturated rings. The maximum Gasteiger partial charge on any atom is 0.312 e. The lowest BCUT2D eigenvalue weighted by atomic mass is 9.97. The van der Waals surface area contributed by atoms with Crippen LogP contribution in [-0.2, 0) is 0 Å². The SMILES string of the molecule is O=[N+]([O-])c1cc(Br)cnc1NCC1CCCC1CO. The van der Waals surface area contributed by atoms with Gasteiger partial charge in [-0.2, -0.15) is 0 Å². The zero-order valence-corrected chi connectivity index (χ0v) is 12.0. The second-order valence-electron chi connectivity index (χ2n) is 4.79. The zero-order valence-electron chi connectivity index (χ0n) is 10.4. The van der Waals surface area contributed by atoms with Gasteiger partial charge in [-0.05, 0) is 40.6 Å². The Morgan fingerprint density at radius 2 is 2.26 bits per heavy atom. The van der Waals surface area contributed by atoms with Crippen molar-refractivity contribution in [3.8, 4) is 0 Å². The van der Waals surface area contributed by atoms with Gasteiger partial charge in [-0.15, -0.1) is 0 Å². The number of halogens is 1. The Morgan fingerprint density at radius 1 is 1.53 bits per heavy atom. The molecule has 1 aromatic heterocycles. The van der Waals surface area contributed by atoms with Crippen LogP contribution in [0, 0.1) is 22.0 Å². The third-order valence-corrected chi connectivity index (χ3v) is 4.05. The van der Waals surface area contributed by atoms with Crippen molar-refractivity contribution in [1.29, 1.82) is 0 Å². The maximum absolute atomic E-state index is 11.0. The van der Waals surface area contributed by atoms with E-state index in [9.17, 15) is 15.2 Å². The Balaban J connectivity index is 2.05. The van der Waals surface area contributed by atoms with Crippen LogP contribution in [0.5, 0.6) is 0 Å². The third kappa shape index (κ3) is 3.42. The molecule has 2 unspecified atom stereocenters. The van der Waals surface area contributed by atoms with E-state index in [0.29, 0.717) is 22.9 Å². The third-order valence-electron chi connectivity index (χ3n) is 3.61. The molecule has 0 spiro atoms. The van der Waals surface area contributed by atoms with Crippen LogP contribution in [0.4, 0.5) is 11.5 Å². The fraction of sp³-hybridized carbons (Fsp3) is 0.583. The summed E-state index contributed by atoms with van der Waals surface area (Å²) in [6, 6.07) is 1.44. The molecule has 6 nitrogen and oxygen atoms in total. The summed E-state index contributed by atoms with van der Waals surface area (Å²) in [5, 5.41) is 23.3. The van der Waals surface area contributed by atoms with Crippen LogP contribution in [-0.4, -0.2) is 28.2 Å². The zero-order chi connectivity index (χ0) is 13.8. The molecule has 1 heterocycles. The molecule has 7 heteroatoms.